The van der Waals surface area contributed by atoms with Crippen LogP contribution in [0.15, 0.2) is 24.3 Å². The van der Waals surface area contributed by atoms with Crippen LogP contribution in [0.25, 0.3) is 0 Å². The van der Waals surface area contributed by atoms with Gasteiger partial charge in [0, 0.05) is 24.7 Å². The van der Waals surface area contributed by atoms with Gasteiger partial charge in [-0.2, -0.15) is 0 Å². The van der Waals surface area contributed by atoms with Crippen LogP contribution in [0.5, 0.6) is 0 Å². The lowest BCUT2D eigenvalue weighted by Crippen LogP contribution is -2.28. The molecule has 0 aromatic rings. The molecular weight excluding hydrogens is 320 g/mol. The number of carbonyl (C=O) groups is 1. The Balaban J connectivity index is 1.78. The van der Waals surface area contributed by atoms with E-state index in [-0.39, 0.29) is 30.7 Å². The molecule has 142 valence electrons. The molecule has 0 amide bonds. The smallest absolute Gasteiger partial charge is 0.303 e. The van der Waals surface area contributed by atoms with Gasteiger partial charge in [-0.3, -0.25) is 4.79 Å². The van der Waals surface area contributed by atoms with Gasteiger partial charge in [0.1, 0.15) is 6.10 Å². The van der Waals surface area contributed by atoms with Crippen molar-refractivity contribution in [2.45, 2.75) is 83.0 Å². The molecule has 2 fully saturated rings. The minimum absolute atomic E-state index is 0.0921. The van der Waals surface area contributed by atoms with Crippen LogP contribution in [0.2, 0.25) is 0 Å². The van der Waals surface area contributed by atoms with Crippen LogP contribution < -0.4 is 0 Å². The average molecular weight is 352 g/mol. The summed E-state index contributed by atoms with van der Waals surface area (Å²) >= 11 is 0. The molecule has 0 aromatic carbocycles. The van der Waals surface area contributed by atoms with E-state index in [9.17, 15) is 9.90 Å². The molecule has 5 nitrogen and oxygen atoms in total. The Labute approximate surface area is 150 Å². The van der Waals surface area contributed by atoms with Crippen LogP contribution in [0, 0.1) is 11.8 Å². The average Bonchev–Trinajstić information content (AvgIpc) is 3.17. The lowest BCUT2D eigenvalue weighted by Gasteiger charge is -2.27. The van der Waals surface area contributed by atoms with Gasteiger partial charge in [0.2, 0.25) is 0 Å². The van der Waals surface area contributed by atoms with Crippen molar-refractivity contribution in [1.82, 2.24) is 0 Å². The molecule has 0 spiro atoms. The summed E-state index contributed by atoms with van der Waals surface area (Å²) in [6.07, 6.45) is 15.8. The van der Waals surface area contributed by atoms with Crippen molar-refractivity contribution in [1.29, 1.82) is 0 Å². The third kappa shape index (κ3) is 6.57. The molecule has 0 unspecified atom stereocenters. The van der Waals surface area contributed by atoms with E-state index in [1.165, 1.54) is 0 Å². The van der Waals surface area contributed by atoms with Crippen LogP contribution in [0.4, 0.5) is 0 Å². The van der Waals surface area contributed by atoms with Crippen molar-refractivity contribution in [3.63, 3.8) is 0 Å². The molecule has 0 aromatic heterocycles. The van der Waals surface area contributed by atoms with Gasteiger partial charge < -0.3 is 10.2 Å². The summed E-state index contributed by atoms with van der Waals surface area (Å²) in [6, 6.07) is 0. The zero-order valence-electron chi connectivity index (χ0n) is 15.2. The largest absolute Gasteiger partial charge is 0.481 e. The van der Waals surface area contributed by atoms with Crippen molar-refractivity contribution < 1.29 is 24.8 Å². The Morgan fingerprint density at radius 3 is 2.76 bits per heavy atom. The summed E-state index contributed by atoms with van der Waals surface area (Å²) in [5.41, 5.74) is 0. The molecule has 1 saturated heterocycles. The molecule has 5 heteroatoms. The predicted molar refractivity (Wildman–Crippen MR) is 95.9 cm³/mol. The second kappa shape index (κ2) is 10.7. The number of hydrogen-bond acceptors (Lipinski definition) is 4. The minimum Gasteiger partial charge on any atom is -0.481 e. The monoisotopic (exact) mass is 352 g/mol. The van der Waals surface area contributed by atoms with Crippen molar-refractivity contribution in [2.75, 3.05) is 0 Å². The van der Waals surface area contributed by atoms with Gasteiger partial charge in [0.15, 0.2) is 0 Å². The minimum atomic E-state index is -0.741. The zero-order chi connectivity index (χ0) is 18.1. The molecule has 2 rings (SSSR count). The number of unbranched alkanes of at least 4 members (excludes halogenated alkanes) is 3. The molecule has 5 atom stereocenters. The van der Waals surface area contributed by atoms with E-state index in [4.69, 9.17) is 14.9 Å². The van der Waals surface area contributed by atoms with E-state index in [1.54, 1.807) is 0 Å². The summed E-state index contributed by atoms with van der Waals surface area (Å²) in [5.74, 6) is -0.0912. The summed E-state index contributed by atoms with van der Waals surface area (Å²) in [4.78, 5) is 21.3. The quantitative estimate of drug-likeness (QED) is 0.315. The molecule has 1 aliphatic carbocycles. The summed E-state index contributed by atoms with van der Waals surface area (Å²) < 4.78 is 0. The van der Waals surface area contributed by atoms with Crippen molar-refractivity contribution in [3.8, 4) is 0 Å². The Hall–Kier alpha value is -1.17. The van der Waals surface area contributed by atoms with E-state index >= 15 is 0 Å². The number of aliphatic carboxylic acids is 1. The highest BCUT2D eigenvalue weighted by molar-refractivity contribution is 5.66. The molecule has 1 saturated carbocycles. The van der Waals surface area contributed by atoms with Gasteiger partial charge in [-0.15, -0.1) is 0 Å². The van der Waals surface area contributed by atoms with E-state index in [2.05, 4.69) is 25.2 Å². The van der Waals surface area contributed by atoms with Gasteiger partial charge >= 0.3 is 5.97 Å². The maximum absolute atomic E-state index is 10.5. The fraction of sp³-hybridized carbons (Fsp3) is 0.750. The number of hydrogen-bond donors (Lipinski definition) is 2. The first-order valence-corrected chi connectivity index (χ1v) is 9.67. The zero-order valence-corrected chi connectivity index (χ0v) is 15.2. The van der Waals surface area contributed by atoms with Gasteiger partial charge in [-0.25, -0.2) is 9.78 Å². The molecule has 1 aliphatic heterocycles. The first kappa shape index (κ1) is 20.1. The summed E-state index contributed by atoms with van der Waals surface area (Å²) in [6.45, 7) is 2.16. The SMILES string of the molecule is CCCCC[C@H](O)/C=C/[C@@H]1[C@@H](C/C=C\CCCC(=O)O)[C@@H]2C[C@@H]1OO2. The number of carboxylic acid groups (broad SMARTS) is 1. The molecule has 0 radical (unpaired) electrons. The van der Waals surface area contributed by atoms with Crippen molar-refractivity contribution >= 4 is 5.97 Å². The Morgan fingerprint density at radius 1 is 1.20 bits per heavy atom. The number of carboxylic acids is 1. The predicted octanol–water partition coefficient (Wildman–Crippen LogP) is 4.02. The highest BCUT2D eigenvalue weighted by Gasteiger charge is 2.49. The summed E-state index contributed by atoms with van der Waals surface area (Å²) in [7, 11) is 0. The molecule has 1 heterocycles. The fourth-order valence-corrected chi connectivity index (χ4v) is 3.72. The standard InChI is InChI=1S/C20H32O5/c1-2-3-6-9-15(21)12-13-17-16(18-14-19(17)25-24-18)10-7-4-5-8-11-20(22)23/h4,7,12-13,15-19,21H,2-3,5-6,8-11,14H2,1H3,(H,22,23)/b7-4-,13-12+/t15-,16+,17+,18-,19-/m0/s1. The van der Waals surface area contributed by atoms with Crippen molar-refractivity contribution in [2.24, 2.45) is 11.8 Å². The van der Waals surface area contributed by atoms with E-state index in [0.29, 0.717) is 12.3 Å². The van der Waals surface area contributed by atoms with Crippen LogP contribution >= 0.6 is 0 Å². The van der Waals surface area contributed by atoms with Crippen molar-refractivity contribution in [3.05, 3.63) is 24.3 Å². The number of rotatable bonds is 12. The topological polar surface area (TPSA) is 76.0 Å². The van der Waals surface area contributed by atoms with Gasteiger partial charge in [-0.05, 0) is 25.7 Å². The molecule has 2 N–H and O–H groups in total. The summed E-state index contributed by atoms with van der Waals surface area (Å²) in [5, 5.41) is 18.7. The first-order chi connectivity index (χ1) is 12.1. The van der Waals surface area contributed by atoms with Crippen LogP contribution in [0.1, 0.15) is 64.7 Å². The lowest BCUT2D eigenvalue weighted by molar-refractivity contribution is -0.336. The molecular formula is C20H32O5. The van der Waals surface area contributed by atoms with Gasteiger partial charge in [0.25, 0.3) is 0 Å². The Bertz CT molecular complexity index is 459. The molecule has 2 aliphatic rings. The Morgan fingerprint density at radius 2 is 2.00 bits per heavy atom. The van der Waals surface area contributed by atoms with Gasteiger partial charge in [-0.1, -0.05) is 50.5 Å². The lowest BCUT2D eigenvalue weighted by atomic mass is 9.89. The fourth-order valence-electron chi connectivity index (χ4n) is 3.72. The van der Waals surface area contributed by atoms with Gasteiger partial charge in [0.05, 0.1) is 12.2 Å². The highest BCUT2D eigenvalue weighted by atomic mass is 17.2. The van der Waals surface area contributed by atoms with Crippen LogP contribution in [-0.2, 0) is 14.6 Å². The number of fused-ring (bicyclic) bond motifs is 2. The first-order valence-electron chi connectivity index (χ1n) is 9.67. The highest BCUT2D eigenvalue weighted by Crippen LogP contribution is 2.44. The van der Waals surface area contributed by atoms with E-state index in [1.807, 2.05) is 6.08 Å². The van der Waals surface area contributed by atoms with E-state index in [0.717, 1.165) is 44.9 Å². The third-order valence-electron chi connectivity index (χ3n) is 5.16. The maximum atomic E-state index is 10.5. The number of aliphatic hydroxyl groups is 1. The third-order valence-corrected chi connectivity index (χ3v) is 5.16. The Kier molecular flexibility index (Phi) is 8.65. The molecule has 2 bridgehead atoms. The number of allylic oxidation sites excluding steroid dienone is 2. The molecule has 25 heavy (non-hydrogen) atoms. The maximum Gasteiger partial charge on any atom is 0.303 e. The van der Waals surface area contributed by atoms with Crippen LogP contribution in [0.3, 0.4) is 0 Å². The van der Waals surface area contributed by atoms with Crippen LogP contribution in [-0.4, -0.2) is 34.5 Å². The second-order valence-electron chi connectivity index (χ2n) is 7.19. The van der Waals surface area contributed by atoms with E-state index < -0.39 is 5.97 Å². The second-order valence-corrected chi connectivity index (χ2v) is 7.19. The number of aliphatic hydroxyl groups excluding tert-OH is 1. The normalized spacial score (nSPS) is 29.8.